The first-order valence-corrected chi connectivity index (χ1v) is 7.73. The molecule has 0 saturated carbocycles. The molecule has 23 heavy (non-hydrogen) atoms. The summed E-state index contributed by atoms with van der Waals surface area (Å²) in [7, 11) is 3.70. The Bertz CT molecular complexity index is 667. The van der Waals surface area contributed by atoms with E-state index >= 15 is 0 Å². The van der Waals surface area contributed by atoms with Gasteiger partial charge in [-0.25, -0.2) is 0 Å². The maximum atomic E-state index is 11.2. The minimum Gasteiger partial charge on any atom is -0.512 e. The summed E-state index contributed by atoms with van der Waals surface area (Å²) in [5, 5.41) is 10.1. The second-order valence-electron chi connectivity index (χ2n) is 6.07. The summed E-state index contributed by atoms with van der Waals surface area (Å²) in [6.07, 6.45) is 2.57. The van der Waals surface area contributed by atoms with Crippen LogP contribution in [0.15, 0.2) is 17.9 Å². The van der Waals surface area contributed by atoms with Crippen molar-refractivity contribution in [3.8, 4) is 17.2 Å². The number of fused-ring (bicyclic) bond motifs is 2. The smallest absolute Gasteiger partial charge is 0.231 e. The van der Waals surface area contributed by atoms with E-state index in [1.165, 1.54) is 17.9 Å². The first kappa shape index (κ1) is 15.7. The van der Waals surface area contributed by atoms with E-state index in [-0.39, 0.29) is 24.4 Å². The predicted molar refractivity (Wildman–Crippen MR) is 83.3 cm³/mol. The average Bonchev–Trinajstić information content (AvgIpc) is 2.95. The highest BCUT2D eigenvalue weighted by molar-refractivity contribution is 5.87. The van der Waals surface area contributed by atoms with E-state index in [9.17, 15) is 9.90 Å². The van der Waals surface area contributed by atoms with E-state index in [4.69, 9.17) is 14.2 Å². The second-order valence-corrected chi connectivity index (χ2v) is 6.07. The summed E-state index contributed by atoms with van der Waals surface area (Å²) in [6.45, 7) is 2.56. The van der Waals surface area contributed by atoms with Gasteiger partial charge in [-0.3, -0.25) is 4.79 Å². The number of allylic oxidation sites excluding steroid dienone is 1. The summed E-state index contributed by atoms with van der Waals surface area (Å²) >= 11 is 0. The van der Waals surface area contributed by atoms with Crippen molar-refractivity contribution in [2.75, 3.05) is 27.5 Å². The summed E-state index contributed by atoms with van der Waals surface area (Å²) in [5.41, 5.74) is 2.18. The molecule has 0 aromatic heterocycles. The molecule has 0 spiro atoms. The quantitative estimate of drug-likeness (QED) is 0.639. The SMILES string of the molecule is COc1c2c(cc3c1[C@@H](C/C(O)=C/C(C)=O)[NH+](C)CC3)OCO2. The van der Waals surface area contributed by atoms with Gasteiger partial charge in [-0.15, -0.1) is 0 Å². The molecular weight excluding hydrogens is 298 g/mol. The monoisotopic (exact) mass is 320 g/mol. The standard InChI is InChI=1S/C17H21NO5/c1-10(19)6-12(20)8-13-15-11(4-5-18(13)2)7-14-16(17(15)21-3)23-9-22-14/h6-7,13,20H,4-5,8-9H2,1-3H3/p+1/b12-6-/t13-/m1/s1. The van der Waals surface area contributed by atoms with Crippen LogP contribution in [0.4, 0.5) is 0 Å². The normalized spacial score (nSPS) is 22.7. The molecule has 6 nitrogen and oxygen atoms in total. The minimum absolute atomic E-state index is 0.00111. The maximum Gasteiger partial charge on any atom is 0.231 e. The molecule has 0 bridgehead atoms. The van der Waals surface area contributed by atoms with Gasteiger partial charge in [0.1, 0.15) is 11.8 Å². The van der Waals surface area contributed by atoms with E-state index in [2.05, 4.69) is 7.05 Å². The fraction of sp³-hybridized carbons (Fsp3) is 0.471. The van der Waals surface area contributed by atoms with Crippen LogP contribution in [0.3, 0.4) is 0 Å². The Morgan fingerprint density at radius 1 is 1.52 bits per heavy atom. The summed E-state index contributed by atoms with van der Waals surface area (Å²) < 4.78 is 16.7. The van der Waals surface area contributed by atoms with Crippen LogP contribution in [0, 0.1) is 0 Å². The number of rotatable bonds is 4. The number of hydrogen-bond donors (Lipinski definition) is 2. The summed E-state index contributed by atoms with van der Waals surface area (Å²) in [5.74, 6) is 1.95. The molecule has 1 unspecified atom stereocenters. The minimum atomic E-state index is -0.158. The lowest BCUT2D eigenvalue weighted by molar-refractivity contribution is -0.914. The number of aliphatic hydroxyl groups is 1. The molecule has 2 aliphatic rings. The van der Waals surface area contributed by atoms with Gasteiger partial charge in [0.2, 0.25) is 12.5 Å². The van der Waals surface area contributed by atoms with E-state index in [1.54, 1.807) is 7.11 Å². The lowest BCUT2D eigenvalue weighted by Gasteiger charge is -2.32. The molecule has 0 aliphatic carbocycles. The van der Waals surface area contributed by atoms with Gasteiger partial charge in [-0.1, -0.05) is 0 Å². The van der Waals surface area contributed by atoms with Crippen LogP contribution >= 0.6 is 0 Å². The molecule has 6 heteroatoms. The zero-order valence-electron chi connectivity index (χ0n) is 13.6. The third-order valence-electron chi connectivity index (χ3n) is 4.46. The summed E-state index contributed by atoms with van der Waals surface area (Å²) in [6, 6.07) is 2.00. The number of ether oxygens (including phenoxy) is 3. The Morgan fingerprint density at radius 3 is 3.00 bits per heavy atom. The maximum absolute atomic E-state index is 11.2. The van der Waals surface area contributed by atoms with Gasteiger partial charge in [-0.2, -0.15) is 0 Å². The molecule has 0 amide bonds. The first-order chi connectivity index (χ1) is 11.0. The number of benzene rings is 1. The van der Waals surface area contributed by atoms with Crippen LogP contribution in [0.1, 0.15) is 30.5 Å². The summed E-state index contributed by atoms with van der Waals surface area (Å²) in [4.78, 5) is 12.5. The molecule has 2 atom stereocenters. The Balaban J connectivity index is 2.05. The fourth-order valence-corrected chi connectivity index (χ4v) is 3.40. The van der Waals surface area contributed by atoms with E-state index in [0.717, 1.165) is 24.1 Å². The van der Waals surface area contributed by atoms with Crippen LogP contribution < -0.4 is 19.1 Å². The Labute approximate surface area is 135 Å². The zero-order valence-corrected chi connectivity index (χ0v) is 13.6. The van der Waals surface area contributed by atoms with Crippen molar-refractivity contribution in [1.29, 1.82) is 0 Å². The molecular formula is C17H22NO5+. The average molecular weight is 320 g/mol. The number of nitrogens with one attached hydrogen (secondary N) is 1. The predicted octanol–water partition coefficient (Wildman–Crippen LogP) is 0.957. The van der Waals surface area contributed by atoms with Crippen molar-refractivity contribution < 1.29 is 29.0 Å². The number of aliphatic hydroxyl groups excluding tert-OH is 1. The highest BCUT2D eigenvalue weighted by atomic mass is 16.7. The van der Waals surface area contributed by atoms with Gasteiger partial charge in [0.15, 0.2) is 17.3 Å². The van der Waals surface area contributed by atoms with Gasteiger partial charge in [0, 0.05) is 12.5 Å². The van der Waals surface area contributed by atoms with Gasteiger partial charge in [0.05, 0.1) is 32.7 Å². The van der Waals surface area contributed by atoms with Crippen LogP contribution in [-0.4, -0.2) is 38.4 Å². The number of quaternary nitrogens is 1. The lowest BCUT2D eigenvalue weighted by atomic mass is 9.89. The lowest BCUT2D eigenvalue weighted by Crippen LogP contribution is -3.10. The molecule has 1 aromatic carbocycles. The van der Waals surface area contributed by atoms with Crippen LogP contribution in [0.2, 0.25) is 0 Å². The first-order valence-electron chi connectivity index (χ1n) is 7.73. The highest BCUT2D eigenvalue weighted by Crippen LogP contribution is 2.48. The van der Waals surface area contributed by atoms with E-state index in [0.29, 0.717) is 23.7 Å². The van der Waals surface area contributed by atoms with Crippen LogP contribution in [0.25, 0.3) is 0 Å². The van der Waals surface area contributed by atoms with Crippen LogP contribution in [-0.2, 0) is 11.2 Å². The van der Waals surface area contributed by atoms with E-state index in [1.807, 2.05) is 6.07 Å². The number of methoxy groups -OCH3 is 1. The molecule has 0 saturated heterocycles. The largest absolute Gasteiger partial charge is 0.512 e. The third-order valence-corrected chi connectivity index (χ3v) is 4.46. The van der Waals surface area contributed by atoms with Crippen molar-refractivity contribution in [3.63, 3.8) is 0 Å². The molecule has 124 valence electrons. The number of ketones is 1. The molecule has 3 rings (SSSR count). The zero-order chi connectivity index (χ0) is 16.6. The highest BCUT2D eigenvalue weighted by Gasteiger charge is 2.36. The number of likely N-dealkylation sites (N-methyl/N-ethyl adjacent to an activating group) is 1. The molecule has 2 aliphatic heterocycles. The van der Waals surface area contributed by atoms with Crippen molar-refractivity contribution in [3.05, 3.63) is 29.0 Å². The van der Waals surface area contributed by atoms with Crippen molar-refractivity contribution >= 4 is 5.78 Å². The third kappa shape index (κ3) is 2.86. The Hall–Kier alpha value is -2.21. The van der Waals surface area contributed by atoms with Gasteiger partial charge >= 0.3 is 0 Å². The van der Waals surface area contributed by atoms with Gasteiger partial charge in [-0.05, 0) is 18.6 Å². The Kier molecular flexibility index (Phi) is 4.17. The van der Waals surface area contributed by atoms with Crippen molar-refractivity contribution in [2.24, 2.45) is 0 Å². The molecule has 0 fully saturated rings. The second kappa shape index (κ2) is 6.12. The number of hydrogen-bond acceptors (Lipinski definition) is 5. The Morgan fingerprint density at radius 2 is 2.30 bits per heavy atom. The van der Waals surface area contributed by atoms with Crippen molar-refractivity contribution in [2.45, 2.75) is 25.8 Å². The van der Waals surface area contributed by atoms with E-state index < -0.39 is 0 Å². The van der Waals surface area contributed by atoms with Gasteiger partial charge < -0.3 is 24.2 Å². The fourth-order valence-electron chi connectivity index (χ4n) is 3.40. The van der Waals surface area contributed by atoms with Crippen molar-refractivity contribution in [1.82, 2.24) is 0 Å². The number of carbonyl (C=O) groups excluding carboxylic acids is 1. The van der Waals surface area contributed by atoms with Crippen LogP contribution in [0.5, 0.6) is 17.2 Å². The van der Waals surface area contributed by atoms with Gasteiger partial charge in [0.25, 0.3) is 0 Å². The number of carbonyl (C=O) groups is 1. The molecule has 1 aromatic rings. The molecule has 2 heterocycles. The topological polar surface area (TPSA) is 69.4 Å². The molecule has 0 radical (unpaired) electrons. The molecule has 2 N–H and O–H groups in total.